The van der Waals surface area contributed by atoms with Gasteiger partial charge in [0.1, 0.15) is 16.0 Å². The highest BCUT2D eigenvalue weighted by Gasteiger charge is 2.17. The molecule has 0 aromatic carbocycles. The van der Waals surface area contributed by atoms with Crippen molar-refractivity contribution in [3.8, 4) is 11.5 Å². The quantitative estimate of drug-likeness (QED) is 0.524. The summed E-state index contributed by atoms with van der Waals surface area (Å²) in [6.45, 7) is 3.95. The Kier molecular flexibility index (Phi) is 4.52. The first kappa shape index (κ1) is 15.4. The maximum absolute atomic E-state index is 11.7. The van der Waals surface area contributed by atoms with Crippen molar-refractivity contribution in [3.63, 3.8) is 0 Å². The van der Waals surface area contributed by atoms with E-state index in [-0.39, 0.29) is 11.2 Å². The first-order valence-corrected chi connectivity index (χ1v) is 8.04. The van der Waals surface area contributed by atoms with Crippen LogP contribution in [-0.2, 0) is 9.53 Å². The zero-order chi connectivity index (χ0) is 16.2. The van der Waals surface area contributed by atoms with Crippen LogP contribution in [0, 0.1) is 0 Å². The van der Waals surface area contributed by atoms with Gasteiger partial charge in [-0.2, -0.15) is 9.61 Å². The molecule has 1 atom stereocenters. The lowest BCUT2D eigenvalue weighted by Crippen LogP contribution is -2.17. The molecule has 118 valence electrons. The van der Waals surface area contributed by atoms with E-state index in [1.165, 1.54) is 11.8 Å². The fourth-order valence-corrected chi connectivity index (χ4v) is 2.78. The fourth-order valence-electron chi connectivity index (χ4n) is 1.98. The van der Waals surface area contributed by atoms with Crippen LogP contribution < -0.4 is 0 Å². The number of carbonyl (C=O) groups is 1. The highest BCUT2D eigenvalue weighted by atomic mass is 32.2. The second-order valence-electron chi connectivity index (χ2n) is 4.69. The molecule has 0 aliphatic rings. The fraction of sp³-hybridized carbons (Fsp3) is 0.267. The average Bonchev–Trinajstić information content (AvgIpc) is 2.99. The van der Waals surface area contributed by atoms with Crippen molar-refractivity contribution in [1.29, 1.82) is 0 Å². The molecule has 23 heavy (non-hydrogen) atoms. The molecule has 0 aliphatic carbocycles. The van der Waals surface area contributed by atoms with Crippen molar-refractivity contribution in [3.05, 3.63) is 36.5 Å². The summed E-state index contributed by atoms with van der Waals surface area (Å²) in [6, 6.07) is 9.19. The van der Waals surface area contributed by atoms with Crippen molar-refractivity contribution in [2.75, 3.05) is 6.61 Å². The molecule has 7 nitrogen and oxygen atoms in total. The summed E-state index contributed by atoms with van der Waals surface area (Å²) in [7, 11) is 0. The first-order valence-electron chi connectivity index (χ1n) is 7.16. The molecule has 8 heteroatoms. The predicted octanol–water partition coefficient (Wildman–Crippen LogP) is 2.23. The average molecular weight is 329 g/mol. The SMILES string of the molecule is CCOC(=O)[C@H](C)Sc1ccc2nnc(-c3ccccn3)n2n1. The lowest BCUT2D eigenvalue weighted by Gasteiger charge is -2.09. The molecule has 3 aromatic rings. The van der Waals surface area contributed by atoms with Crippen LogP contribution in [-0.4, -0.2) is 42.6 Å². The van der Waals surface area contributed by atoms with Gasteiger partial charge in [-0.15, -0.1) is 10.2 Å². The number of thioether (sulfide) groups is 1. The molecule has 0 aliphatic heterocycles. The number of ether oxygens (including phenoxy) is 1. The molecular formula is C15H15N5O2S. The summed E-state index contributed by atoms with van der Waals surface area (Å²) < 4.78 is 6.64. The monoisotopic (exact) mass is 329 g/mol. The predicted molar refractivity (Wildman–Crippen MR) is 86.0 cm³/mol. The van der Waals surface area contributed by atoms with Gasteiger partial charge in [0.2, 0.25) is 5.82 Å². The van der Waals surface area contributed by atoms with Gasteiger partial charge in [0.25, 0.3) is 0 Å². The van der Waals surface area contributed by atoms with Gasteiger partial charge in [-0.25, -0.2) is 0 Å². The largest absolute Gasteiger partial charge is 0.465 e. The van der Waals surface area contributed by atoms with Crippen LogP contribution in [0.25, 0.3) is 17.2 Å². The Labute approximate surface area is 137 Å². The molecule has 0 saturated heterocycles. The van der Waals surface area contributed by atoms with E-state index in [0.29, 0.717) is 28.8 Å². The van der Waals surface area contributed by atoms with Crippen molar-refractivity contribution in [2.45, 2.75) is 24.1 Å². The van der Waals surface area contributed by atoms with Gasteiger partial charge in [0.15, 0.2) is 5.65 Å². The van der Waals surface area contributed by atoms with Crippen LogP contribution in [0.15, 0.2) is 41.6 Å². The second-order valence-corrected chi connectivity index (χ2v) is 6.05. The van der Waals surface area contributed by atoms with E-state index in [0.717, 1.165) is 0 Å². The number of fused-ring (bicyclic) bond motifs is 1. The number of esters is 1. The Bertz CT molecular complexity index is 821. The van der Waals surface area contributed by atoms with Gasteiger partial charge >= 0.3 is 5.97 Å². The van der Waals surface area contributed by atoms with Gasteiger partial charge in [-0.3, -0.25) is 9.78 Å². The van der Waals surface area contributed by atoms with E-state index in [2.05, 4.69) is 20.3 Å². The summed E-state index contributed by atoms with van der Waals surface area (Å²) in [6.07, 6.45) is 1.69. The summed E-state index contributed by atoms with van der Waals surface area (Å²) in [5.41, 5.74) is 1.31. The number of nitrogens with zero attached hydrogens (tertiary/aromatic N) is 5. The van der Waals surface area contributed by atoms with Crippen LogP contribution in [0.2, 0.25) is 0 Å². The lowest BCUT2D eigenvalue weighted by molar-refractivity contribution is -0.142. The van der Waals surface area contributed by atoms with Gasteiger partial charge in [0.05, 0.1) is 6.61 Å². The van der Waals surface area contributed by atoms with Gasteiger partial charge < -0.3 is 4.74 Å². The van der Waals surface area contributed by atoms with E-state index in [4.69, 9.17) is 4.74 Å². The van der Waals surface area contributed by atoms with Crippen molar-refractivity contribution in [2.24, 2.45) is 0 Å². The number of hydrogen-bond donors (Lipinski definition) is 0. The van der Waals surface area contributed by atoms with Crippen LogP contribution in [0.5, 0.6) is 0 Å². The minimum absolute atomic E-state index is 0.256. The maximum atomic E-state index is 11.7. The minimum atomic E-state index is -0.338. The Morgan fingerprint density at radius 1 is 1.30 bits per heavy atom. The van der Waals surface area contributed by atoms with Crippen molar-refractivity contribution < 1.29 is 9.53 Å². The van der Waals surface area contributed by atoms with Gasteiger partial charge in [-0.1, -0.05) is 17.8 Å². The number of pyridine rings is 1. The standard InChI is InChI=1S/C15H15N5O2S/c1-3-22-15(21)10(2)23-13-8-7-12-17-18-14(20(12)19-13)11-6-4-5-9-16-11/h4-10H,3H2,1-2H3/t10-/m0/s1. The number of rotatable bonds is 5. The van der Waals surface area contributed by atoms with Crippen molar-refractivity contribution >= 4 is 23.4 Å². The molecule has 0 N–H and O–H groups in total. The molecular weight excluding hydrogens is 314 g/mol. The Balaban J connectivity index is 1.91. The molecule has 0 spiro atoms. The third-order valence-electron chi connectivity index (χ3n) is 3.05. The van der Waals surface area contributed by atoms with Gasteiger partial charge in [0, 0.05) is 6.20 Å². The highest BCUT2D eigenvalue weighted by molar-refractivity contribution is 8.00. The Hall–Kier alpha value is -2.48. The van der Waals surface area contributed by atoms with Crippen LogP contribution >= 0.6 is 11.8 Å². The molecule has 0 bridgehead atoms. The molecule has 0 fully saturated rings. The third-order valence-corrected chi connectivity index (χ3v) is 4.05. The Morgan fingerprint density at radius 3 is 2.91 bits per heavy atom. The second kappa shape index (κ2) is 6.74. The van der Waals surface area contributed by atoms with Crippen LogP contribution in [0.1, 0.15) is 13.8 Å². The first-order chi connectivity index (χ1) is 11.2. The van der Waals surface area contributed by atoms with E-state index in [1.807, 2.05) is 30.3 Å². The lowest BCUT2D eigenvalue weighted by atomic mass is 10.3. The van der Waals surface area contributed by atoms with Crippen LogP contribution in [0.3, 0.4) is 0 Å². The number of carbonyl (C=O) groups excluding carboxylic acids is 1. The summed E-state index contributed by atoms with van der Waals surface area (Å²) in [4.78, 5) is 16.0. The smallest absolute Gasteiger partial charge is 0.319 e. The van der Waals surface area contributed by atoms with E-state index < -0.39 is 0 Å². The topological polar surface area (TPSA) is 82.3 Å². The summed E-state index contributed by atoms with van der Waals surface area (Å²) >= 11 is 1.33. The minimum Gasteiger partial charge on any atom is -0.465 e. The normalized spacial score (nSPS) is 12.3. The third kappa shape index (κ3) is 3.31. The summed E-state index contributed by atoms with van der Waals surface area (Å²) in [5, 5.41) is 13.1. The molecule has 3 aromatic heterocycles. The van der Waals surface area contributed by atoms with E-state index in [9.17, 15) is 4.79 Å². The molecule has 0 saturated carbocycles. The van der Waals surface area contributed by atoms with Crippen LogP contribution in [0.4, 0.5) is 0 Å². The molecule has 0 amide bonds. The molecule has 3 rings (SSSR count). The summed E-state index contributed by atoms with van der Waals surface area (Å²) in [5.74, 6) is 0.306. The molecule has 3 heterocycles. The zero-order valence-electron chi connectivity index (χ0n) is 12.7. The number of aromatic nitrogens is 5. The van der Waals surface area contributed by atoms with E-state index in [1.54, 1.807) is 24.6 Å². The number of hydrogen-bond acceptors (Lipinski definition) is 7. The van der Waals surface area contributed by atoms with Crippen molar-refractivity contribution in [1.82, 2.24) is 24.8 Å². The highest BCUT2D eigenvalue weighted by Crippen LogP contribution is 2.23. The zero-order valence-corrected chi connectivity index (χ0v) is 13.5. The maximum Gasteiger partial charge on any atom is 0.319 e. The molecule has 0 unspecified atom stereocenters. The van der Waals surface area contributed by atoms with Gasteiger partial charge in [-0.05, 0) is 38.1 Å². The molecule has 0 radical (unpaired) electrons. The Morgan fingerprint density at radius 2 is 2.17 bits per heavy atom. The van der Waals surface area contributed by atoms with E-state index >= 15 is 0 Å².